The van der Waals surface area contributed by atoms with Crippen molar-refractivity contribution in [3.63, 3.8) is 0 Å². The van der Waals surface area contributed by atoms with Crippen LogP contribution in [0.3, 0.4) is 0 Å². The van der Waals surface area contributed by atoms with E-state index in [0.717, 1.165) is 28.6 Å². The van der Waals surface area contributed by atoms with Gasteiger partial charge in [-0.2, -0.15) is 5.10 Å². The van der Waals surface area contributed by atoms with Crippen molar-refractivity contribution < 1.29 is 13.3 Å². The highest BCUT2D eigenvalue weighted by molar-refractivity contribution is 7.92. The molecule has 10 heteroatoms. The van der Waals surface area contributed by atoms with E-state index in [1.807, 2.05) is 30.3 Å². The fourth-order valence-corrected chi connectivity index (χ4v) is 3.91. The summed E-state index contributed by atoms with van der Waals surface area (Å²) in [6.45, 7) is 0.424. The van der Waals surface area contributed by atoms with Gasteiger partial charge in [0.05, 0.1) is 21.9 Å². The van der Waals surface area contributed by atoms with Gasteiger partial charge in [0.15, 0.2) is 5.82 Å². The summed E-state index contributed by atoms with van der Waals surface area (Å²) in [5.41, 5.74) is 1.63. The van der Waals surface area contributed by atoms with Crippen molar-refractivity contribution in [2.24, 2.45) is 0 Å². The van der Waals surface area contributed by atoms with Gasteiger partial charge in [-0.05, 0) is 23.8 Å². The molecule has 2 aromatic heterocycles. The smallest absolute Gasteiger partial charge is 0.266 e. The molecule has 0 spiro atoms. The molecule has 0 amide bonds. The van der Waals surface area contributed by atoms with Gasteiger partial charge in [0.2, 0.25) is 0 Å². The second-order valence-electron chi connectivity index (χ2n) is 6.25. The summed E-state index contributed by atoms with van der Waals surface area (Å²) in [4.78, 5) is 14.4. The van der Waals surface area contributed by atoms with Crippen LogP contribution in [0.5, 0.6) is 0 Å². The van der Waals surface area contributed by atoms with Crippen LogP contribution in [0, 0.1) is 10.1 Å². The van der Waals surface area contributed by atoms with Crippen LogP contribution >= 0.6 is 0 Å². The van der Waals surface area contributed by atoms with E-state index in [-0.39, 0.29) is 16.4 Å². The molecular weight excluding hydrogens is 394 g/mol. The molecule has 4 aromatic rings. The quantitative estimate of drug-likeness (QED) is 0.386. The molecule has 2 heterocycles. The van der Waals surface area contributed by atoms with E-state index >= 15 is 0 Å². The number of rotatable bonds is 6. The predicted octanol–water partition coefficient (Wildman–Crippen LogP) is 3.19. The van der Waals surface area contributed by atoms with Gasteiger partial charge >= 0.3 is 0 Å². The van der Waals surface area contributed by atoms with Gasteiger partial charge in [-0.15, -0.1) is 0 Å². The number of hydrogen-bond acceptors (Lipinski definition) is 6. The van der Waals surface area contributed by atoms with Crippen molar-refractivity contribution in [3.8, 4) is 0 Å². The zero-order valence-corrected chi connectivity index (χ0v) is 15.8. The van der Waals surface area contributed by atoms with Gasteiger partial charge in [-0.25, -0.2) is 8.42 Å². The number of nitro groups is 1. The van der Waals surface area contributed by atoms with E-state index in [0.29, 0.717) is 6.54 Å². The van der Waals surface area contributed by atoms with E-state index in [4.69, 9.17) is 0 Å². The number of fused-ring (bicyclic) bond motifs is 1. The molecule has 4 rings (SSSR count). The van der Waals surface area contributed by atoms with Crippen LogP contribution in [0.15, 0.2) is 78.0 Å². The molecule has 9 nitrogen and oxygen atoms in total. The fourth-order valence-electron chi connectivity index (χ4n) is 2.92. The monoisotopic (exact) mass is 409 g/mol. The van der Waals surface area contributed by atoms with E-state index in [1.54, 1.807) is 23.1 Å². The van der Waals surface area contributed by atoms with E-state index in [9.17, 15) is 18.5 Å². The number of nitrogens with zero attached hydrogens (tertiary/aromatic N) is 4. The van der Waals surface area contributed by atoms with Crippen molar-refractivity contribution in [2.75, 3.05) is 4.72 Å². The summed E-state index contributed by atoms with van der Waals surface area (Å²) in [6, 6.07) is 15.9. The van der Waals surface area contributed by atoms with Gasteiger partial charge in [0.25, 0.3) is 15.7 Å². The number of nitrogens with one attached hydrogen (secondary N) is 1. The minimum absolute atomic E-state index is 0.0871. The first-order valence-corrected chi connectivity index (χ1v) is 10.0. The number of benzene rings is 2. The molecule has 29 heavy (non-hydrogen) atoms. The number of para-hydroxylation sites is 1. The topological polar surface area (TPSA) is 120 Å². The summed E-state index contributed by atoms with van der Waals surface area (Å²) in [5.74, 6) is 0.150. The average Bonchev–Trinajstić information content (AvgIpc) is 3.14. The molecule has 0 fully saturated rings. The van der Waals surface area contributed by atoms with E-state index in [1.165, 1.54) is 12.1 Å². The normalized spacial score (nSPS) is 11.4. The third-order valence-electron chi connectivity index (χ3n) is 4.29. The Balaban J connectivity index is 1.53. The highest BCUT2D eigenvalue weighted by atomic mass is 32.2. The summed E-state index contributed by atoms with van der Waals surface area (Å²) < 4.78 is 29.0. The number of non-ortho nitro benzene ring substituents is 1. The lowest BCUT2D eigenvalue weighted by molar-refractivity contribution is -0.384. The van der Waals surface area contributed by atoms with Crippen molar-refractivity contribution >= 4 is 32.4 Å². The predicted molar refractivity (Wildman–Crippen MR) is 107 cm³/mol. The number of aromatic nitrogens is 3. The molecule has 0 aliphatic carbocycles. The Bertz CT molecular complexity index is 1290. The molecule has 0 bridgehead atoms. The maximum Gasteiger partial charge on any atom is 0.269 e. The van der Waals surface area contributed by atoms with Crippen LogP contribution < -0.4 is 4.72 Å². The van der Waals surface area contributed by atoms with Gasteiger partial charge in [-0.1, -0.05) is 24.3 Å². The SMILES string of the molecule is O=[N+]([O-])c1ccc(S(=O)(=O)Nc2ccn(Cc3cccc4cccnc34)n2)cc1. The second-order valence-corrected chi connectivity index (χ2v) is 7.93. The van der Waals surface area contributed by atoms with Crippen LogP contribution in [-0.4, -0.2) is 28.1 Å². The maximum absolute atomic E-state index is 12.5. The van der Waals surface area contributed by atoms with Crippen molar-refractivity contribution in [1.29, 1.82) is 0 Å². The number of hydrogen-bond donors (Lipinski definition) is 1. The van der Waals surface area contributed by atoms with E-state index < -0.39 is 14.9 Å². The van der Waals surface area contributed by atoms with Crippen molar-refractivity contribution in [2.45, 2.75) is 11.4 Å². The Morgan fingerprint density at radius 3 is 2.55 bits per heavy atom. The minimum Gasteiger partial charge on any atom is -0.266 e. The van der Waals surface area contributed by atoms with Crippen LogP contribution in [0.25, 0.3) is 10.9 Å². The lowest BCUT2D eigenvalue weighted by atomic mass is 10.1. The lowest BCUT2D eigenvalue weighted by Crippen LogP contribution is -2.14. The maximum atomic E-state index is 12.5. The third kappa shape index (κ3) is 3.92. The third-order valence-corrected chi connectivity index (χ3v) is 5.66. The molecule has 2 aromatic carbocycles. The summed E-state index contributed by atoms with van der Waals surface area (Å²) in [5, 5.41) is 16.0. The fraction of sp³-hybridized carbons (Fsp3) is 0.0526. The summed E-state index contributed by atoms with van der Waals surface area (Å²) in [7, 11) is -3.91. The van der Waals surface area contributed by atoms with E-state index in [2.05, 4.69) is 14.8 Å². The van der Waals surface area contributed by atoms with Crippen LogP contribution in [-0.2, 0) is 16.6 Å². The first kappa shape index (κ1) is 18.6. The second kappa shape index (κ2) is 7.32. The Morgan fingerprint density at radius 2 is 1.79 bits per heavy atom. The highest BCUT2D eigenvalue weighted by Gasteiger charge is 2.17. The molecule has 0 unspecified atom stereocenters. The Hall–Kier alpha value is -3.79. The Kier molecular flexibility index (Phi) is 4.69. The zero-order chi connectivity index (χ0) is 20.4. The molecule has 0 radical (unpaired) electrons. The Labute approximate surface area is 165 Å². The largest absolute Gasteiger partial charge is 0.269 e. The first-order chi connectivity index (χ1) is 13.9. The molecule has 1 N–H and O–H groups in total. The molecule has 0 saturated carbocycles. The lowest BCUT2D eigenvalue weighted by Gasteiger charge is -2.07. The van der Waals surface area contributed by atoms with Gasteiger partial charge in [0, 0.05) is 36.0 Å². The first-order valence-electron chi connectivity index (χ1n) is 8.56. The minimum atomic E-state index is -3.91. The summed E-state index contributed by atoms with van der Waals surface area (Å²) in [6.07, 6.45) is 3.38. The highest BCUT2D eigenvalue weighted by Crippen LogP contribution is 2.20. The number of nitro benzene ring substituents is 1. The van der Waals surface area contributed by atoms with Crippen LogP contribution in [0.2, 0.25) is 0 Å². The molecule has 0 aliphatic heterocycles. The molecule has 146 valence electrons. The van der Waals surface area contributed by atoms with Crippen molar-refractivity contribution in [1.82, 2.24) is 14.8 Å². The average molecular weight is 409 g/mol. The summed E-state index contributed by atoms with van der Waals surface area (Å²) >= 11 is 0. The molecule has 0 atom stereocenters. The standard InChI is InChI=1S/C19H15N5O4S/c25-24(26)16-6-8-17(9-7-16)29(27,28)22-18-10-12-23(21-18)13-15-4-1-3-14-5-2-11-20-19(14)15/h1-12H,13H2,(H,21,22). The van der Waals surface area contributed by atoms with Gasteiger partial charge in [-0.3, -0.25) is 24.5 Å². The number of anilines is 1. The number of sulfonamides is 1. The molecule has 0 saturated heterocycles. The molecular formula is C19H15N5O4S. The van der Waals surface area contributed by atoms with Crippen LogP contribution in [0.4, 0.5) is 11.5 Å². The number of pyridine rings is 1. The zero-order valence-electron chi connectivity index (χ0n) is 15.0. The van der Waals surface area contributed by atoms with Gasteiger partial charge < -0.3 is 0 Å². The molecule has 0 aliphatic rings. The Morgan fingerprint density at radius 1 is 1.03 bits per heavy atom. The van der Waals surface area contributed by atoms with Crippen molar-refractivity contribution in [3.05, 3.63) is 88.7 Å². The van der Waals surface area contributed by atoms with Gasteiger partial charge in [0.1, 0.15) is 0 Å². The van der Waals surface area contributed by atoms with Crippen LogP contribution in [0.1, 0.15) is 5.56 Å².